The van der Waals surface area contributed by atoms with Crippen LogP contribution >= 0.6 is 46.9 Å². The van der Waals surface area contributed by atoms with Crippen LogP contribution < -0.4 is 5.73 Å². The summed E-state index contributed by atoms with van der Waals surface area (Å²) in [6, 6.07) is 0.398. The molecule has 1 aliphatic heterocycles. The molecule has 1 aliphatic carbocycles. The molecule has 0 spiro atoms. The van der Waals surface area contributed by atoms with E-state index in [1.807, 2.05) is 0 Å². The Morgan fingerprint density at radius 3 is 2.74 bits per heavy atom. The van der Waals surface area contributed by atoms with E-state index in [4.69, 9.17) is 28.9 Å². The number of rotatable bonds is 2. The van der Waals surface area contributed by atoms with E-state index in [1.165, 1.54) is 42.7 Å². The molecule has 19 heavy (non-hydrogen) atoms. The molecule has 2 heterocycles. The molecule has 3 atom stereocenters. The van der Waals surface area contributed by atoms with Gasteiger partial charge in [-0.05, 0) is 35.6 Å². The molecular weight excluding hydrogens is 323 g/mol. The van der Waals surface area contributed by atoms with Crippen molar-refractivity contribution in [2.45, 2.75) is 31.8 Å². The average Bonchev–Trinajstić information content (AvgIpc) is 2.89. The van der Waals surface area contributed by atoms with Crippen molar-refractivity contribution in [1.29, 1.82) is 0 Å². The lowest BCUT2D eigenvalue weighted by molar-refractivity contribution is 0.259. The number of hydrogen-bond acceptors (Lipinski definition) is 3. The van der Waals surface area contributed by atoms with E-state index in [0.717, 1.165) is 24.0 Å². The van der Waals surface area contributed by atoms with Gasteiger partial charge in [-0.2, -0.15) is 0 Å². The first-order valence-corrected chi connectivity index (χ1v) is 8.18. The fourth-order valence-corrected chi connectivity index (χ4v) is 4.68. The number of nitrogens with zero attached hydrogens (tertiary/aromatic N) is 1. The van der Waals surface area contributed by atoms with Gasteiger partial charge >= 0.3 is 0 Å². The number of thiophene rings is 1. The smallest absolute Gasteiger partial charge is 0.112 e. The lowest BCUT2D eigenvalue weighted by Crippen LogP contribution is -2.38. The summed E-state index contributed by atoms with van der Waals surface area (Å²) in [7, 11) is 0. The minimum Gasteiger partial charge on any atom is -0.327 e. The molecule has 3 rings (SSSR count). The van der Waals surface area contributed by atoms with E-state index >= 15 is 0 Å². The lowest BCUT2D eigenvalue weighted by Gasteiger charge is -2.29. The fourth-order valence-electron chi connectivity index (χ4n) is 3.44. The summed E-state index contributed by atoms with van der Waals surface area (Å²) in [4.78, 5) is 2.49. The Morgan fingerprint density at radius 1 is 1.32 bits per heavy atom. The molecule has 2 aliphatic rings. The minimum atomic E-state index is 0. The number of fused-ring (bicyclic) bond motifs is 1. The first-order chi connectivity index (χ1) is 8.65. The van der Waals surface area contributed by atoms with Gasteiger partial charge in [-0.15, -0.1) is 23.7 Å². The predicted octanol–water partition coefficient (Wildman–Crippen LogP) is 4.04. The van der Waals surface area contributed by atoms with Gasteiger partial charge in [0.05, 0.1) is 5.02 Å². The van der Waals surface area contributed by atoms with Crippen molar-refractivity contribution < 1.29 is 0 Å². The Morgan fingerprint density at radius 2 is 2.11 bits per heavy atom. The molecule has 6 heteroatoms. The summed E-state index contributed by atoms with van der Waals surface area (Å²) < 4.78 is 0.708. The number of hydrogen-bond donors (Lipinski definition) is 1. The van der Waals surface area contributed by atoms with Crippen molar-refractivity contribution >= 4 is 46.9 Å². The zero-order valence-corrected chi connectivity index (χ0v) is 13.8. The van der Waals surface area contributed by atoms with Crippen LogP contribution in [-0.4, -0.2) is 24.0 Å². The molecule has 0 aromatic carbocycles. The van der Waals surface area contributed by atoms with Crippen LogP contribution in [0.25, 0.3) is 0 Å². The molecule has 0 amide bonds. The second-order valence-corrected chi connectivity index (χ2v) is 7.42. The Balaban J connectivity index is 0.00000133. The lowest BCUT2D eigenvalue weighted by atomic mass is 9.78. The van der Waals surface area contributed by atoms with Crippen LogP contribution in [0.2, 0.25) is 9.36 Å². The van der Waals surface area contributed by atoms with Crippen molar-refractivity contribution in [2.75, 3.05) is 13.1 Å². The first kappa shape index (κ1) is 15.9. The van der Waals surface area contributed by atoms with Gasteiger partial charge in [0.2, 0.25) is 0 Å². The van der Waals surface area contributed by atoms with Crippen molar-refractivity contribution in [1.82, 2.24) is 4.90 Å². The Bertz CT molecular complexity index is 438. The summed E-state index contributed by atoms with van der Waals surface area (Å²) in [6.45, 7) is 3.21. The number of nitrogens with two attached hydrogens (primary N) is 1. The van der Waals surface area contributed by atoms with Gasteiger partial charge in [-0.3, -0.25) is 4.90 Å². The standard InChI is InChI=1S/C13H18Cl2N2S.ClH/c14-12-9(7-18-13(12)15)5-17-4-8-2-1-3-11(16)10(8)6-17;/h7-8,10-11H,1-6,16H2;1H. The first-order valence-electron chi connectivity index (χ1n) is 6.54. The van der Waals surface area contributed by atoms with Gasteiger partial charge in [-0.1, -0.05) is 29.6 Å². The highest BCUT2D eigenvalue weighted by molar-refractivity contribution is 7.15. The van der Waals surface area contributed by atoms with Crippen LogP contribution in [0, 0.1) is 11.8 Å². The molecular formula is C13H19Cl3N2S. The molecule has 1 aromatic rings. The van der Waals surface area contributed by atoms with E-state index < -0.39 is 0 Å². The maximum atomic E-state index is 6.24. The highest BCUT2D eigenvalue weighted by Gasteiger charge is 2.38. The Hall–Kier alpha value is 0.490. The van der Waals surface area contributed by atoms with E-state index in [9.17, 15) is 0 Å². The summed E-state index contributed by atoms with van der Waals surface area (Å²) >= 11 is 13.7. The van der Waals surface area contributed by atoms with Gasteiger partial charge < -0.3 is 5.73 Å². The van der Waals surface area contributed by atoms with E-state index in [2.05, 4.69) is 10.3 Å². The molecule has 108 valence electrons. The molecule has 1 saturated heterocycles. The second kappa shape index (κ2) is 6.50. The van der Waals surface area contributed by atoms with Gasteiger partial charge in [0.25, 0.3) is 0 Å². The quantitative estimate of drug-likeness (QED) is 0.879. The summed E-state index contributed by atoms with van der Waals surface area (Å²) in [5.41, 5.74) is 7.40. The van der Waals surface area contributed by atoms with Crippen molar-refractivity contribution in [3.8, 4) is 0 Å². The number of halogens is 3. The maximum Gasteiger partial charge on any atom is 0.112 e. The third-order valence-electron chi connectivity index (χ3n) is 4.38. The summed E-state index contributed by atoms with van der Waals surface area (Å²) in [6.07, 6.45) is 3.83. The Kier molecular flexibility index (Phi) is 5.43. The Labute approximate surface area is 134 Å². The fraction of sp³-hybridized carbons (Fsp3) is 0.692. The maximum absolute atomic E-state index is 6.24. The topological polar surface area (TPSA) is 29.3 Å². The number of likely N-dealkylation sites (tertiary alicyclic amines) is 1. The van der Waals surface area contributed by atoms with Crippen LogP contribution in [0.4, 0.5) is 0 Å². The van der Waals surface area contributed by atoms with Crippen LogP contribution in [0.3, 0.4) is 0 Å². The highest BCUT2D eigenvalue weighted by atomic mass is 35.5. The molecule has 1 aromatic heterocycles. The van der Waals surface area contributed by atoms with Crippen LogP contribution in [0.1, 0.15) is 24.8 Å². The predicted molar refractivity (Wildman–Crippen MR) is 85.7 cm³/mol. The van der Waals surface area contributed by atoms with Crippen molar-refractivity contribution in [3.63, 3.8) is 0 Å². The largest absolute Gasteiger partial charge is 0.327 e. The minimum absolute atomic E-state index is 0. The van der Waals surface area contributed by atoms with Crippen LogP contribution in [0.15, 0.2) is 5.38 Å². The second-order valence-electron chi connectivity index (χ2n) is 5.56. The van der Waals surface area contributed by atoms with Gasteiger partial charge in [0.15, 0.2) is 0 Å². The van der Waals surface area contributed by atoms with E-state index in [-0.39, 0.29) is 12.4 Å². The molecule has 3 unspecified atom stereocenters. The van der Waals surface area contributed by atoms with Gasteiger partial charge in [0.1, 0.15) is 4.34 Å². The molecule has 0 bridgehead atoms. The van der Waals surface area contributed by atoms with Crippen molar-refractivity contribution in [3.05, 3.63) is 20.3 Å². The third kappa shape index (κ3) is 3.22. The molecule has 0 radical (unpaired) electrons. The molecule has 1 saturated carbocycles. The average molecular weight is 342 g/mol. The highest BCUT2D eigenvalue weighted by Crippen LogP contribution is 2.38. The molecule has 2 fully saturated rings. The van der Waals surface area contributed by atoms with Crippen LogP contribution in [0.5, 0.6) is 0 Å². The summed E-state index contributed by atoms with van der Waals surface area (Å²) in [5, 5.41) is 2.81. The van der Waals surface area contributed by atoms with E-state index in [0.29, 0.717) is 16.3 Å². The SMILES string of the molecule is Cl.NC1CCCC2CN(Cc3csc(Cl)c3Cl)CC12. The van der Waals surface area contributed by atoms with E-state index in [1.54, 1.807) is 0 Å². The summed E-state index contributed by atoms with van der Waals surface area (Å²) in [5.74, 6) is 1.48. The van der Waals surface area contributed by atoms with Gasteiger partial charge in [-0.25, -0.2) is 0 Å². The van der Waals surface area contributed by atoms with Gasteiger partial charge in [0, 0.05) is 25.7 Å². The zero-order chi connectivity index (χ0) is 12.7. The monoisotopic (exact) mass is 340 g/mol. The molecule has 2 N–H and O–H groups in total. The van der Waals surface area contributed by atoms with Crippen molar-refractivity contribution in [2.24, 2.45) is 17.6 Å². The molecule has 2 nitrogen and oxygen atoms in total. The third-order valence-corrected chi connectivity index (χ3v) is 6.29. The van der Waals surface area contributed by atoms with Crippen LogP contribution in [-0.2, 0) is 6.54 Å². The zero-order valence-electron chi connectivity index (χ0n) is 10.6. The normalized spacial score (nSPS) is 31.0.